The van der Waals surface area contributed by atoms with Gasteiger partial charge in [-0.1, -0.05) is 0 Å². The first-order chi connectivity index (χ1) is 12.1. The van der Waals surface area contributed by atoms with Gasteiger partial charge in [0.15, 0.2) is 11.5 Å². The Balaban J connectivity index is 1.85. The van der Waals surface area contributed by atoms with E-state index in [1.165, 1.54) is 0 Å². The van der Waals surface area contributed by atoms with E-state index in [2.05, 4.69) is 20.2 Å². The summed E-state index contributed by atoms with van der Waals surface area (Å²) in [5.74, 6) is 3.01. The van der Waals surface area contributed by atoms with E-state index in [4.69, 9.17) is 19.9 Å². The van der Waals surface area contributed by atoms with Gasteiger partial charge in [-0.05, 0) is 12.5 Å². The zero-order chi connectivity index (χ0) is 17.8. The Bertz CT molecular complexity index is 715. The van der Waals surface area contributed by atoms with Gasteiger partial charge >= 0.3 is 0 Å². The molecule has 1 aromatic heterocycles. The number of rotatable bonds is 6. The van der Waals surface area contributed by atoms with E-state index in [0.717, 1.165) is 31.0 Å². The molecule has 0 bridgehead atoms. The molecule has 1 atom stereocenters. The molecule has 3 rings (SSSR count). The monoisotopic (exact) mass is 345 g/mol. The van der Waals surface area contributed by atoms with E-state index in [1.54, 1.807) is 27.5 Å². The van der Waals surface area contributed by atoms with Crippen LogP contribution >= 0.6 is 0 Å². The summed E-state index contributed by atoms with van der Waals surface area (Å²) in [5, 5.41) is 3.18. The number of hydrogen-bond donors (Lipinski definition) is 2. The summed E-state index contributed by atoms with van der Waals surface area (Å²) in [4.78, 5) is 11.0. The number of benzene rings is 1. The van der Waals surface area contributed by atoms with E-state index in [9.17, 15) is 0 Å². The molecule has 1 saturated heterocycles. The van der Waals surface area contributed by atoms with Crippen molar-refractivity contribution in [3.05, 3.63) is 24.4 Å². The van der Waals surface area contributed by atoms with Crippen LogP contribution in [0.3, 0.4) is 0 Å². The van der Waals surface area contributed by atoms with Crippen LogP contribution in [0.15, 0.2) is 24.4 Å². The van der Waals surface area contributed by atoms with E-state index < -0.39 is 0 Å². The van der Waals surface area contributed by atoms with Gasteiger partial charge in [-0.2, -0.15) is 4.98 Å². The van der Waals surface area contributed by atoms with Crippen molar-refractivity contribution in [1.29, 1.82) is 0 Å². The minimum absolute atomic E-state index is 0.196. The smallest absolute Gasteiger partial charge is 0.229 e. The van der Waals surface area contributed by atoms with Gasteiger partial charge in [-0.3, -0.25) is 0 Å². The van der Waals surface area contributed by atoms with Crippen molar-refractivity contribution in [2.24, 2.45) is 5.73 Å². The van der Waals surface area contributed by atoms with Gasteiger partial charge < -0.3 is 30.2 Å². The Labute approximate surface area is 146 Å². The first kappa shape index (κ1) is 17.1. The summed E-state index contributed by atoms with van der Waals surface area (Å²) < 4.78 is 16.1. The predicted octanol–water partition coefficient (Wildman–Crippen LogP) is 1.78. The molecule has 8 heteroatoms. The van der Waals surface area contributed by atoms with Crippen molar-refractivity contribution in [3.63, 3.8) is 0 Å². The number of nitrogens with zero attached hydrogens (tertiary/aromatic N) is 3. The number of nitrogens with one attached hydrogen (secondary N) is 1. The van der Waals surface area contributed by atoms with Gasteiger partial charge in [0.05, 0.1) is 21.3 Å². The van der Waals surface area contributed by atoms with Crippen LogP contribution in [-0.4, -0.2) is 50.4 Å². The molecule has 134 valence electrons. The number of nitrogens with two attached hydrogens (primary N) is 1. The standard InChI is InChI=1S/C17H23N5O3/c1-23-13-8-12(9-14(24-2)16(13)25-3)20-17-19-6-4-15(21-17)22-7-5-11(18)10-22/h4,6,8-9,11H,5,7,10,18H2,1-3H3,(H,19,20,21). The predicted molar refractivity (Wildman–Crippen MR) is 96.2 cm³/mol. The number of anilines is 3. The summed E-state index contributed by atoms with van der Waals surface area (Å²) >= 11 is 0. The Morgan fingerprint density at radius 2 is 1.88 bits per heavy atom. The lowest BCUT2D eigenvalue weighted by Crippen LogP contribution is -2.27. The van der Waals surface area contributed by atoms with Gasteiger partial charge in [0.25, 0.3) is 0 Å². The first-order valence-corrected chi connectivity index (χ1v) is 8.05. The van der Waals surface area contributed by atoms with Crippen LogP contribution in [0, 0.1) is 0 Å². The maximum absolute atomic E-state index is 5.97. The summed E-state index contributed by atoms with van der Waals surface area (Å²) in [5.41, 5.74) is 6.72. The molecule has 1 aliphatic heterocycles. The van der Waals surface area contributed by atoms with Gasteiger partial charge in [-0.25, -0.2) is 4.98 Å². The molecule has 0 spiro atoms. The van der Waals surface area contributed by atoms with Crippen LogP contribution in [-0.2, 0) is 0 Å². The molecule has 2 heterocycles. The molecule has 1 aromatic carbocycles. The quantitative estimate of drug-likeness (QED) is 0.818. The van der Waals surface area contributed by atoms with E-state index in [1.807, 2.05) is 18.2 Å². The summed E-state index contributed by atoms with van der Waals surface area (Å²) in [7, 11) is 4.73. The summed E-state index contributed by atoms with van der Waals surface area (Å²) in [6, 6.07) is 5.70. The maximum Gasteiger partial charge on any atom is 0.229 e. The minimum atomic E-state index is 0.196. The van der Waals surface area contributed by atoms with Crippen LogP contribution in [0.25, 0.3) is 0 Å². The second-order valence-electron chi connectivity index (χ2n) is 5.77. The fraction of sp³-hybridized carbons (Fsp3) is 0.412. The maximum atomic E-state index is 5.97. The number of hydrogen-bond acceptors (Lipinski definition) is 8. The SMILES string of the molecule is COc1cc(Nc2nccc(N3CCC(N)C3)n2)cc(OC)c1OC. The minimum Gasteiger partial charge on any atom is -0.493 e. The summed E-state index contributed by atoms with van der Waals surface area (Å²) in [6.45, 7) is 1.71. The molecule has 0 aliphatic carbocycles. The van der Waals surface area contributed by atoms with Gasteiger partial charge in [0.1, 0.15) is 5.82 Å². The van der Waals surface area contributed by atoms with Crippen molar-refractivity contribution < 1.29 is 14.2 Å². The van der Waals surface area contributed by atoms with Crippen LogP contribution < -0.4 is 30.2 Å². The highest BCUT2D eigenvalue weighted by Crippen LogP contribution is 2.40. The molecular formula is C17H23N5O3. The van der Waals surface area contributed by atoms with E-state index in [-0.39, 0.29) is 6.04 Å². The second kappa shape index (κ2) is 7.43. The average Bonchev–Trinajstić information content (AvgIpc) is 3.07. The zero-order valence-corrected chi connectivity index (χ0v) is 14.7. The van der Waals surface area contributed by atoms with Crippen LogP contribution in [0.2, 0.25) is 0 Å². The molecule has 3 N–H and O–H groups in total. The Hall–Kier alpha value is -2.74. The van der Waals surface area contributed by atoms with Crippen LogP contribution in [0.1, 0.15) is 6.42 Å². The third-order valence-electron chi connectivity index (χ3n) is 4.11. The number of methoxy groups -OCH3 is 3. The highest BCUT2D eigenvalue weighted by molar-refractivity contribution is 5.66. The van der Waals surface area contributed by atoms with Crippen molar-refractivity contribution >= 4 is 17.5 Å². The Kier molecular flexibility index (Phi) is 5.08. The third-order valence-corrected chi connectivity index (χ3v) is 4.11. The largest absolute Gasteiger partial charge is 0.493 e. The molecule has 0 amide bonds. The average molecular weight is 345 g/mol. The highest BCUT2D eigenvalue weighted by atomic mass is 16.5. The van der Waals surface area contributed by atoms with Gasteiger partial charge in [0.2, 0.25) is 11.7 Å². The lowest BCUT2D eigenvalue weighted by molar-refractivity contribution is 0.324. The van der Waals surface area contributed by atoms with Crippen LogP contribution in [0.5, 0.6) is 17.2 Å². The molecule has 8 nitrogen and oxygen atoms in total. The van der Waals surface area contributed by atoms with Crippen molar-refractivity contribution in [3.8, 4) is 17.2 Å². The topological polar surface area (TPSA) is 94.8 Å². The number of ether oxygens (including phenoxy) is 3. The second-order valence-corrected chi connectivity index (χ2v) is 5.77. The van der Waals surface area contributed by atoms with Gasteiger partial charge in [0, 0.05) is 43.1 Å². The normalized spacial score (nSPS) is 16.6. The van der Waals surface area contributed by atoms with E-state index in [0.29, 0.717) is 23.2 Å². The van der Waals surface area contributed by atoms with Crippen molar-refractivity contribution in [2.75, 3.05) is 44.6 Å². The van der Waals surface area contributed by atoms with Crippen molar-refractivity contribution in [2.45, 2.75) is 12.5 Å². The molecule has 0 saturated carbocycles. The van der Waals surface area contributed by atoms with Crippen molar-refractivity contribution in [1.82, 2.24) is 9.97 Å². The fourth-order valence-corrected chi connectivity index (χ4v) is 2.86. The first-order valence-electron chi connectivity index (χ1n) is 8.05. The molecule has 1 fully saturated rings. The molecule has 2 aromatic rings. The third kappa shape index (κ3) is 3.69. The number of aromatic nitrogens is 2. The fourth-order valence-electron chi connectivity index (χ4n) is 2.86. The zero-order valence-electron chi connectivity index (χ0n) is 14.7. The Morgan fingerprint density at radius 3 is 2.44 bits per heavy atom. The van der Waals surface area contributed by atoms with Gasteiger partial charge in [-0.15, -0.1) is 0 Å². The molecule has 0 radical (unpaired) electrons. The van der Waals surface area contributed by atoms with Crippen LogP contribution in [0.4, 0.5) is 17.5 Å². The Morgan fingerprint density at radius 1 is 1.16 bits per heavy atom. The lowest BCUT2D eigenvalue weighted by Gasteiger charge is -2.18. The molecule has 25 heavy (non-hydrogen) atoms. The molecule has 1 unspecified atom stereocenters. The molecular weight excluding hydrogens is 322 g/mol. The lowest BCUT2D eigenvalue weighted by atomic mass is 10.2. The molecule has 1 aliphatic rings. The van der Waals surface area contributed by atoms with E-state index >= 15 is 0 Å². The highest BCUT2D eigenvalue weighted by Gasteiger charge is 2.20. The summed E-state index contributed by atoms with van der Waals surface area (Å²) in [6.07, 6.45) is 2.70.